The summed E-state index contributed by atoms with van der Waals surface area (Å²) in [6, 6.07) is 0.386. The van der Waals surface area contributed by atoms with Crippen molar-refractivity contribution >= 4 is 11.6 Å². The van der Waals surface area contributed by atoms with Crippen LogP contribution in [-0.4, -0.2) is 48.1 Å². The van der Waals surface area contributed by atoms with Crippen molar-refractivity contribution in [3.05, 3.63) is 11.4 Å². The van der Waals surface area contributed by atoms with Crippen LogP contribution in [-0.2, 0) is 0 Å². The molecule has 102 valence electrons. The predicted molar refractivity (Wildman–Crippen MR) is 77.0 cm³/mol. The third-order valence-corrected chi connectivity index (χ3v) is 3.04. The number of rotatable bonds is 5. The zero-order valence-electron chi connectivity index (χ0n) is 12.4. The van der Waals surface area contributed by atoms with Gasteiger partial charge >= 0.3 is 0 Å². The van der Waals surface area contributed by atoms with Gasteiger partial charge in [-0.2, -0.15) is 0 Å². The van der Waals surface area contributed by atoms with E-state index in [1.165, 1.54) is 0 Å². The van der Waals surface area contributed by atoms with Crippen molar-refractivity contribution in [3.8, 4) is 0 Å². The lowest BCUT2D eigenvalue weighted by molar-refractivity contribution is 0.372. The van der Waals surface area contributed by atoms with Gasteiger partial charge in [-0.05, 0) is 41.8 Å². The molecule has 0 spiro atoms. The van der Waals surface area contributed by atoms with Crippen molar-refractivity contribution in [1.82, 2.24) is 14.9 Å². The van der Waals surface area contributed by atoms with E-state index in [1.54, 1.807) is 0 Å². The third-order valence-electron chi connectivity index (χ3n) is 3.04. The molecule has 1 heterocycles. The second-order valence-corrected chi connectivity index (χ2v) is 5.00. The smallest absolute Gasteiger partial charge is 0.137 e. The van der Waals surface area contributed by atoms with E-state index in [2.05, 4.69) is 47.7 Å². The van der Waals surface area contributed by atoms with Crippen molar-refractivity contribution < 1.29 is 0 Å². The first-order chi connectivity index (χ1) is 8.36. The van der Waals surface area contributed by atoms with Crippen molar-refractivity contribution in [1.29, 1.82) is 0 Å². The largest absolute Gasteiger partial charge is 0.383 e. The highest BCUT2D eigenvalue weighted by atomic mass is 15.2. The van der Waals surface area contributed by atoms with E-state index in [4.69, 9.17) is 5.73 Å². The summed E-state index contributed by atoms with van der Waals surface area (Å²) in [4.78, 5) is 13.2. The molecule has 0 aliphatic heterocycles. The molecule has 0 saturated heterocycles. The molecule has 0 bridgehead atoms. The number of nitrogen functional groups attached to an aromatic ring is 1. The number of aromatic nitrogens is 2. The third kappa shape index (κ3) is 3.32. The minimum absolute atomic E-state index is 0.386. The lowest BCUT2D eigenvalue weighted by atomic mass is 10.2. The van der Waals surface area contributed by atoms with E-state index in [-0.39, 0.29) is 0 Å². The van der Waals surface area contributed by atoms with Gasteiger partial charge in [0.25, 0.3) is 0 Å². The molecule has 1 unspecified atom stereocenters. The van der Waals surface area contributed by atoms with E-state index >= 15 is 0 Å². The molecule has 5 heteroatoms. The van der Waals surface area contributed by atoms with Crippen LogP contribution >= 0.6 is 0 Å². The summed E-state index contributed by atoms with van der Waals surface area (Å²) in [5.74, 6) is 2.26. The second-order valence-electron chi connectivity index (χ2n) is 5.00. The van der Waals surface area contributed by atoms with Crippen molar-refractivity contribution in [2.45, 2.75) is 33.7 Å². The molecule has 1 atom stereocenters. The molecule has 1 rings (SSSR count). The van der Waals surface area contributed by atoms with Gasteiger partial charge in [-0.25, -0.2) is 9.97 Å². The summed E-state index contributed by atoms with van der Waals surface area (Å²) in [6.45, 7) is 10.1. The van der Waals surface area contributed by atoms with Crippen molar-refractivity contribution in [3.63, 3.8) is 0 Å². The molecular formula is C13H25N5. The SMILES string of the molecule is CCN(c1nc(C)nc(N)c1C)C(C)CN(C)C. The predicted octanol–water partition coefficient (Wildman–Crippen LogP) is 1.45. The van der Waals surface area contributed by atoms with Crippen LogP contribution in [0.3, 0.4) is 0 Å². The summed E-state index contributed by atoms with van der Waals surface area (Å²) in [5.41, 5.74) is 6.89. The first-order valence-corrected chi connectivity index (χ1v) is 6.38. The highest BCUT2D eigenvalue weighted by Crippen LogP contribution is 2.23. The molecule has 0 fully saturated rings. The first kappa shape index (κ1) is 14.7. The van der Waals surface area contributed by atoms with Crippen molar-refractivity contribution in [2.24, 2.45) is 0 Å². The number of nitrogens with two attached hydrogens (primary N) is 1. The number of anilines is 2. The molecule has 0 aliphatic rings. The normalized spacial score (nSPS) is 12.8. The molecule has 0 saturated carbocycles. The molecule has 0 aliphatic carbocycles. The quantitative estimate of drug-likeness (QED) is 0.858. The number of nitrogens with zero attached hydrogens (tertiary/aromatic N) is 4. The molecule has 2 N–H and O–H groups in total. The highest BCUT2D eigenvalue weighted by molar-refractivity contribution is 5.56. The minimum atomic E-state index is 0.386. The maximum absolute atomic E-state index is 5.93. The molecule has 0 radical (unpaired) electrons. The lowest BCUT2D eigenvalue weighted by Gasteiger charge is -2.32. The molecule has 0 amide bonds. The fraction of sp³-hybridized carbons (Fsp3) is 0.692. The van der Waals surface area contributed by atoms with Gasteiger partial charge in [0, 0.05) is 24.7 Å². The second kappa shape index (κ2) is 6.00. The molecule has 5 nitrogen and oxygen atoms in total. The minimum Gasteiger partial charge on any atom is -0.383 e. The van der Waals surface area contributed by atoms with Gasteiger partial charge in [0.1, 0.15) is 17.5 Å². The molecule has 0 aromatic carbocycles. The van der Waals surface area contributed by atoms with Crippen LogP contribution in [0.5, 0.6) is 0 Å². The summed E-state index contributed by atoms with van der Waals surface area (Å²) in [5, 5.41) is 0. The van der Waals surface area contributed by atoms with Crippen LogP contribution in [0.1, 0.15) is 25.2 Å². The average Bonchev–Trinajstić information content (AvgIpc) is 2.24. The van der Waals surface area contributed by atoms with Gasteiger partial charge in [0.15, 0.2) is 0 Å². The molecule has 18 heavy (non-hydrogen) atoms. The summed E-state index contributed by atoms with van der Waals surface area (Å²) in [6.07, 6.45) is 0. The van der Waals surface area contributed by atoms with Gasteiger partial charge in [-0.1, -0.05) is 0 Å². The Morgan fingerprint density at radius 3 is 2.33 bits per heavy atom. The lowest BCUT2D eigenvalue weighted by Crippen LogP contribution is -2.41. The summed E-state index contributed by atoms with van der Waals surface area (Å²) >= 11 is 0. The number of likely N-dealkylation sites (N-methyl/N-ethyl adjacent to an activating group) is 2. The maximum atomic E-state index is 5.93. The summed E-state index contributed by atoms with van der Waals surface area (Å²) < 4.78 is 0. The van der Waals surface area contributed by atoms with Crippen LogP contribution in [0, 0.1) is 13.8 Å². The number of aryl methyl sites for hydroxylation is 1. The first-order valence-electron chi connectivity index (χ1n) is 6.38. The van der Waals surface area contributed by atoms with E-state index in [9.17, 15) is 0 Å². The Hall–Kier alpha value is -1.36. The molecular weight excluding hydrogens is 226 g/mol. The van der Waals surface area contributed by atoms with Crippen LogP contribution in [0.15, 0.2) is 0 Å². The van der Waals surface area contributed by atoms with Gasteiger partial charge in [-0.3, -0.25) is 0 Å². The Morgan fingerprint density at radius 1 is 1.22 bits per heavy atom. The van der Waals surface area contributed by atoms with E-state index in [0.717, 1.165) is 30.3 Å². The Bertz CT molecular complexity index is 403. The molecule has 1 aromatic rings. The highest BCUT2D eigenvalue weighted by Gasteiger charge is 2.18. The summed E-state index contributed by atoms with van der Waals surface area (Å²) in [7, 11) is 4.16. The Balaban J connectivity index is 3.08. The van der Waals surface area contributed by atoms with Gasteiger partial charge in [0.2, 0.25) is 0 Å². The van der Waals surface area contributed by atoms with Crippen LogP contribution in [0.4, 0.5) is 11.6 Å². The zero-order valence-corrected chi connectivity index (χ0v) is 12.4. The fourth-order valence-corrected chi connectivity index (χ4v) is 2.21. The molecule has 1 aromatic heterocycles. The van der Waals surface area contributed by atoms with E-state index in [0.29, 0.717) is 11.9 Å². The Labute approximate surface area is 110 Å². The number of hydrogen-bond donors (Lipinski definition) is 1. The number of hydrogen-bond acceptors (Lipinski definition) is 5. The van der Waals surface area contributed by atoms with Crippen LogP contribution in [0.2, 0.25) is 0 Å². The monoisotopic (exact) mass is 251 g/mol. The maximum Gasteiger partial charge on any atom is 0.137 e. The fourth-order valence-electron chi connectivity index (χ4n) is 2.21. The van der Waals surface area contributed by atoms with Gasteiger partial charge in [-0.15, -0.1) is 0 Å². The van der Waals surface area contributed by atoms with Gasteiger partial charge in [0.05, 0.1) is 0 Å². The standard InChI is InChI=1S/C13H25N5/c1-7-18(9(2)8-17(5)6)13-10(3)12(14)15-11(4)16-13/h9H,7-8H2,1-6H3,(H2,14,15,16). The Morgan fingerprint density at radius 2 is 1.83 bits per heavy atom. The van der Waals surface area contributed by atoms with Crippen molar-refractivity contribution in [2.75, 3.05) is 37.8 Å². The van der Waals surface area contributed by atoms with E-state index < -0.39 is 0 Å². The Kier molecular flexibility index (Phi) is 4.90. The van der Waals surface area contributed by atoms with Crippen LogP contribution in [0.25, 0.3) is 0 Å². The zero-order chi connectivity index (χ0) is 13.9. The average molecular weight is 251 g/mol. The van der Waals surface area contributed by atoms with Crippen LogP contribution < -0.4 is 10.6 Å². The topological polar surface area (TPSA) is 58.3 Å². The van der Waals surface area contributed by atoms with Gasteiger partial charge < -0.3 is 15.5 Å². The van der Waals surface area contributed by atoms with E-state index in [1.807, 2.05) is 13.8 Å².